The van der Waals surface area contributed by atoms with Crippen molar-refractivity contribution in [1.29, 1.82) is 0 Å². The number of hydrogen-bond acceptors (Lipinski definition) is 4. The Morgan fingerprint density at radius 3 is 2.73 bits per heavy atom. The van der Waals surface area contributed by atoms with E-state index in [2.05, 4.69) is 0 Å². The van der Waals surface area contributed by atoms with Crippen LogP contribution in [0.15, 0.2) is 18.2 Å². The molecule has 82 valence electrons. The Kier molecular flexibility index (Phi) is 3.91. The monoisotopic (exact) mass is 212 g/mol. The van der Waals surface area contributed by atoms with E-state index in [1.54, 1.807) is 6.07 Å². The van der Waals surface area contributed by atoms with Gasteiger partial charge in [-0.2, -0.15) is 0 Å². The van der Waals surface area contributed by atoms with Gasteiger partial charge < -0.3 is 16.2 Å². The van der Waals surface area contributed by atoms with E-state index in [0.29, 0.717) is 5.69 Å². The van der Waals surface area contributed by atoms with Crippen LogP contribution >= 0.6 is 0 Å². The Morgan fingerprint density at radius 2 is 2.13 bits per heavy atom. The molecule has 5 heteroatoms. The van der Waals surface area contributed by atoms with Crippen LogP contribution in [-0.2, 0) is 4.74 Å². The van der Waals surface area contributed by atoms with Crippen molar-refractivity contribution in [3.8, 4) is 0 Å². The summed E-state index contributed by atoms with van der Waals surface area (Å²) in [6.07, 6.45) is 0.195. The van der Waals surface area contributed by atoms with E-state index < -0.39 is 12.6 Å². The van der Waals surface area contributed by atoms with E-state index in [4.69, 9.17) is 16.2 Å². The molecule has 0 heterocycles. The lowest BCUT2D eigenvalue weighted by Crippen LogP contribution is -2.09. The lowest BCUT2D eigenvalue weighted by Gasteiger charge is -2.06. The molecule has 0 aliphatic carbocycles. The van der Waals surface area contributed by atoms with Gasteiger partial charge in [0, 0.05) is 17.8 Å². The second kappa shape index (κ2) is 5.19. The third kappa shape index (κ3) is 3.12. The summed E-state index contributed by atoms with van der Waals surface area (Å²) in [4.78, 5) is 11.4. The van der Waals surface area contributed by atoms with Crippen LogP contribution in [0.4, 0.5) is 15.8 Å². The van der Waals surface area contributed by atoms with Gasteiger partial charge in [0.15, 0.2) is 0 Å². The summed E-state index contributed by atoms with van der Waals surface area (Å²) in [5.74, 6) is -0.555. The topological polar surface area (TPSA) is 78.3 Å². The van der Waals surface area contributed by atoms with Crippen LogP contribution in [0.1, 0.15) is 16.8 Å². The molecular formula is C10H13FN2O2. The lowest BCUT2D eigenvalue weighted by molar-refractivity contribution is 0.0495. The summed E-state index contributed by atoms with van der Waals surface area (Å²) >= 11 is 0. The Balaban J connectivity index is 2.65. The van der Waals surface area contributed by atoms with Crippen molar-refractivity contribution in [2.45, 2.75) is 6.42 Å². The normalized spacial score (nSPS) is 9.93. The van der Waals surface area contributed by atoms with Crippen LogP contribution in [-0.4, -0.2) is 19.3 Å². The van der Waals surface area contributed by atoms with Gasteiger partial charge in [-0.15, -0.1) is 0 Å². The van der Waals surface area contributed by atoms with Crippen molar-refractivity contribution in [2.75, 3.05) is 24.7 Å². The van der Waals surface area contributed by atoms with Crippen molar-refractivity contribution in [2.24, 2.45) is 0 Å². The van der Waals surface area contributed by atoms with E-state index in [1.807, 2.05) is 0 Å². The van der Waals surface area contributed by atoms with Crippen LogP contribution in [0.5, 0.6) is 0 Å². The first-order valence-corrected chi connectivity index (χ1v) is 4.53. The fourth-order valence-corrected chi connectivity index (χ4v) is 1.06. The number of nitrogen functional groups attached to an aromatic ring is 2. The molecule has 0 aromatic heterocycles. The van der Waals surface area contributed by atoms with Crippen molar-refractivity contribution < 1.29 is 13.9 Å². The third-order valence-corrected chi connectivity index (χ3v) is 1.81. The zero-order valence-corrected chi connectivity index (χ0v) is 8.20. The van der Waals surface area contributed by atoms with Gasteiger partial charge in [-0.25, -0.2) is 4.79 Å². The molecule has 4 N–H and O–H groups in total. The van der Waals surface area contributed by atoms with Gasteiger partial charge >= 0.3 is 5.97 Å². The number of alkyl halides is 1. The summed E-state index contributed by atoms with van der Waals surface area (Å²) in [5.41, 5.74) is 12.0. The number of rotatable bonds is 4. The van der Waals surface area contributed by atoms with Crippen LogP contribution in [0.3, 0.4) is 0 Å². The highest BCUT2D eigenvalue weighted by atomic mass is 19.1. The van der Waals surface area contributed by atoms with Crippen molar-refractivity contribution in [3.05, 3.63) is 23.8 Å². The first-order chi connectivity index (χ1) is 7.15. The molecule has 1 aromatic rings. The Hall–Kier alpha value is -1.78. The quantitative estimate of drug-likeness (QED) is 0.449. The number of esters is 1. The summed E-state index contributed by atoms with van der Waals surface area (Å²) in [7, 11) is 0. The molecule has 0 saturated heterocycles. The van der Waals surface area contributed by atoms with Gasteiger partial charge in [0.1, 0.15) is 0 Å². The van der Waals surface area contributed by atoms with Gasteiger partial charge in [0.2, 0.25) is 0 Å². The second-order valence-electron chi connectivity index (χ2n) is 3.03. The van der Waals surface area contributed by atoms with Crippen molar-refractivity contribution >= 4 is 17.3 Å². The average Bonchev–Trinajstić information content (AvgIpc) is 2.17. The van der Waals surface area contributed by atoms with Gasteiger partial charge in [0.25, 0.3) is 0 Å². The predicted molar refractivity (Wildman–Crippen MR) is 56.1 cm³/mol. The molecule has 0 atom stereocenters. The minimum Gasteiger partial charge on any atom is -0.462 e. The summed E-state index contributed by atoms with van der Waals surface area (Å²) < 4.78 is 16.5. The molecule has 0 spiro atoms. The average molecular weight is 212 g/mol. The van der Waals surface area contributed by atoms with Gasteiger partial charge in [-0.3, -0.25) is 4.39 Å². The molecule has 4 nitrogen and oxygen atoms in total. The molecule has 0 saturated carbocycles. The first-order valence-electron chi connectivity index (χ1n) is 4.53. The first kappa shape index (κ1) is 11.3. The molecule has 0 unspecified atom stereocenters. The standard InChI is InChI=1S/C10H13FN2O2/c11-4-1-5-15-10(14)8-3-2-7(12)6-9(8)13/h2-3,6H,1,4-5,12-13H2. The minimum atomic E-state index is -0.555. The third-order valence-electron chi connectivity index (χ3n) is 1.81. The fraction of sp³-hybridized carbons (Fsp3) is 0.300. The molecule has 0 fully saturated rings. The fourth-order valence-electron chi connectivity index (χ4n) is 1.06. The highest BCUT2D eigenvalue weighted by Gasteiger charge is 2.10. The lowest BCUT2D eigenvalue weighted by atomic mass is 10.1. The number of carbonyl (C=O) groups is 1. The van der Waals surface area contributed by atoms with Gasteiger partial charge in [-0.1, -0.05) is 0 Å². The molecule has 0 bridgehead atoms. The number of ether oxygens (including phenoxy) is 1. The largest absolute Gasteiger partial charge is 0.462 e. The highest BCUT2D eigenvalue weighted by molar-refractivity contribution is 5.95. The summed E-state index contributed by atoms with van der Waals surface area (Å²) in [6, 6.07) is 4.52. The molecule has 0 amide bonds. The predicted octanol–water partition coefficient (Wildman–Crippen LogP) is 1.37. The van der Waals surface area contributed by atoms with E-state index in [-0.39, 0.29) is 24.3 Å². The highest BCUT2D eigenvalue weighted by Crippen LogP contribution is 2.16. The van der Waals surface area contributed by atoms with Crippen molar-refractivity contribution in [3.63, 3.8) is 0 Å². The molecule has 0 radical (unpaired) electrons. The molecule has 0 aliphatic rings. The van der Waals surface area contributed by atoms with Crippen LogP contribution < -0.4 is 11.5 Å². The number of carbonyl (C=O) groups excluding carboxylic acids is 1. The maximum absolute atomic E-state index is 11.7. The van der Waals surface area contributed by atoms with Gasteiger partial charge in [-0.05, 0) is 18.2 Å². The van der Waals surface area contributed by atoms with E-state index in [1.165, 1.54) is 12.1 Å². The van der Waals surface area contributed by atoms with Crippen molar-refractivity contribution in [1.82, 2.24) is 0 Å². The Morgan fingerprint density at radius 1 is 1.40 bits per heavy atom. The van der Waals surface area contributed by atoms with Gasteiger partial charge in [0.05, 0.1) is 18.8 Å². The number of halogens is 1. The Bertz CT molecular complexity index is 355. The number of anilines is 2. The van der Waals surface area contributed by atoms with Crippen LogP contribution in [0.25, 0.3) is 0 Å². The molecule has 1 aromatic carbocycles. The van der Waals surface area contributed by atoms with E-state index in [0.717, 1.165) is 0 Å². The summed E-state index contributed by atoms with van der Waals surface area (Å²) in [6.45, 7) is -0.455. The number of benzene rings is 1. The molecular weight excluding hydrogens is 199 g/mol. The molecule has 15 heavy (non-hydrogen) atoms. The Labute approximate surface area is 87.0 Å². The zero-order valence-electron chi connectivity index (χ0n) is 8.20. The maximum atomic E-state index is 11.7. The SMILES string of the molecule is Nc1ccc(C(=O)OCCCF)c(N)c1. The van der Waals surface area contributed by atoms with Crippen LogP contribution in [0, 0.1) is 0 Å². The smallest absolute Gasteiger partial charge is 0.340 e. The van der Waals surface area contributed by atoms with Crippen LogP contribution in [0.2, 0.25) is 0 Å². The minimum absolute atomic E-state index is 0.0547. The summed E-state index contributed by atoms with van der Waals surface area (Å²) in [5, 5.41) is 0. The molecule has 1 rings (SSSR count). The van der Waals surface area contributed by atoms with E-state index in [9.17, 15) is 9.18 Å². The number of nitrogens with two attached hydrogens (primary N) is 2. The maximum Gasteiger partial charge on any atom is 0.340 e. The zero-order chi connectivity index (χ0) is 11.3. The second-order valence-corrected chi connectivity index (χ2v) is 3.03. The van der Waals surface area contributed by atoms with E-state index >= 15 is 0 Å². The number of hydrogen-bond donors (Lipinski definition) is 2. The molecule has 0 aliphatic heterocycles.